The number of amides is 2. The fourth-order valence-electron chi connectivity index (χ4n) is 2.46. The van der Waals surface area contributed by atoms with Gasteiger partial charge in [0.2, 0.25) is 5.95 Å². The number of ether oxygens (including phenoxy) is 1. The van der Waals surface area contributed by atoms with Crippen LogP contribution in [0.25, 0.3) is 0 Å². The zero-order valence-corrected chi connectivity index (χ0v) is 13.3. The summed E-state index contributed by atoms with van der Waals surface area (Å²) in [7, 11) is 1.54. The van der Waals surface area contributed by atoms with Crippen LogP contribution in [0.4, 0.5) is 5.95 Å². The van der Waals surface area contributed by atoms with E-state index < -0.39 is 11.8 Å². The van der Waals surface area contributed by atoms with Gasteiger partial charge in [-0.3, -0.25) is 9.59 Å². The van der Waals surface area contributed by atoms with Gasteiger partial charge in [-0.2, -0.15) is 0 Å². The number of methoxy groups -OCH3 is 1. The third-order valence-corrected chi connectivity index (χ3v) is 3.80. The number of aromatic nitrogens is 2. The van der Waals surface area contributed by atoms with Gasteiger partial charge < -0.3 is 20.3 Å². The first-order valence-corrected chi connectivity index (χ1v) is 7.77. The number of anilines is 1. The molecule has 0 unspecified atom stereocenters. The monoisotopic (exact) mass is 321 g/mol. The lowest BCUT2D eigenvalue weighted by atomic mass is 9.97. The highest BCUT2D eigenvalue weighted by atomic mass is 16.5. The molecule has 2 rings (SSSR count). The number of carbonyl (C=O) groups is 2. The largest absolute Gasteiger partial charge is 0.383 e. The van der Waals surface area contributed by atoms with E-state index >= 15 is 0 Å². The van der Waals surface area contributed by atoms with Gasteiger partial charge in [-0.05, 0) is 24.8 Å². The van der Waals surface area contributed by atoms with Crippen LogP contribution in [0.3, 0.4) is 0 Å². The molecule has 8 heteroatoms. The molecule has 0 spiro atoms. The Hall–Kier alpha value is -2.22. The van der Waals surface area contributed by atoms with Crippen molar-refractivity contribution >= 4 is 17.8 Å². The fraction of sp³-hybridized carbons (Fsp3) is 0.600. The van der Waals surface area contributed by atoms with Crippen molar-refractivity contribution in [2.45, 2.75) is 12.8 Å². The van der Waals surface area contributed by atoms with Gasteiger partial charge in [0.25, 0.3) is 0 Å². The predicted octanol–water partition coefficient (Wildman–Crippen LogP) is -0.428. The minimum atomic E-state index is -0.614. The van der Waals surface area contributed by atoms with Gasteiger partial charge >= 0.3 is 11.8 Å². The van der Waals surface area contributed by atoms with Crippen LogP contribution in [-0.4, -0.2) is 61.7 Å². The molecule has 2 N–H and O–H groups in total. The Morgan fingerprint density at radius 2 is 1.87 bits per heavy atom. The number of rotatable bonds is 6. The summed E-state index contributed by atoms with van der Waals surface area (Å²) in [5.41, 5.74) is 0. The normalized spacial score (nSPS) is 15.3. The molecule has 0 atom stereocenters. The van der Waals surface area contributed by atoms with E-state index in [1.165, 1.54) is 0 Å². The summed E-state index contributed by atoms with van der Waals surface area (Å²) in [6.45, 7) is 2.94. The molecule has 0 saturated carbocycles. The summed E-state index contributed by atoms with van der Waals surface area (Å²) in [4.78, 5) is 33.8. The van der Waals surface area contributed by atoms with Gasteiger partial charge in [-0.15, -0.1) is 0 Å². The van der Waals surface area contributed by atoms with Crippen LogP contribution in [0, 0.1) is 5.92 Å². The standard InChI is InChI=1S/C15H23N5O3/c1-23-10-7-16-13(21)14(22)19-11-12-3-8-20(9-4-12)15-17-5-2-6-18-15/h2,5-6,12H,3-4,7-11H2,1H3,(H,16,21)(H,19,22). The number of piperidine rings is 1. The molecule has 1 saturated heterocycles. The Kier molecular flexibility index (Phi) is 6.74. The second kappa shape index (κ2) is 9.04. The lowest BCUT2D eigenvalue weighted by molar-refractivity contribution is -0.139. The molecule has 126 valence electrons. The fourth-order valence-corrected chi connectivity index (χ4v) is 2.46. The smallest absolute Gasteiger partial charge is 0.309 e. The molecule has 0 aliphatic carbocycles. The van der Waals surface area contributed by atoms with Gasteiger partial charge in [0, 0.05) is 45.7 Å². The molecular formula is C15H23N5O3. The summed E-state index contributed by atoms with van der Waals surface area (Å²) >= 11 is 0. The zero-order valence-electron chi connectivity index (χ0n) is 13.3. The summed E-state index contributed by atoms with van der Waals surface area (Å²) in [5.74, 6) is -0.0923. The highest BCUT2D eigenvalue weighted by molar-refractivity contribution is 6.35. The molecule has 2 amide bonds. The molecule has 1 aromatic rings. The molecule has 1 aliphatic heterocycles. The first-order valence-electron chi connectivity index (χ1n) is 7.77. The Morgan fingerprint density at radius 3 is 2.52 bits per heavy atom. The maximum atomic E-state index is 11.7. The maximum absolute atomic E-state index is 11.7. The topological polar surface area (TPSA) is 96.4 Å². The van der Waals surface area contributed by atoms with E-state index in [2.05, 4.69) is 25.5 Å². The Labute approximate surface area is 135 Å². The number of hydrogen-bond donors (Lipinski definition) is 2. The first-order chi connectivity index (χ1) is 11.2. The van der Waals surface area contributed by atoms with Crippen molar-refractivity contribution in [1.82, 2.24) is 20.6 Å². The first kappa shape index (κ1) is 17.1. The number of nitrogens with zero attached hydrogens (tertiary/aromatic N) is 3. The van der Waals surface area contributed by atoms with Crippen molar-refractivity contribution in [3.63, 3.8) is 0 Å². The van der Waals surface area contributed by atoms with Gasteiger partial charge in [0.05, 0.1) is 6.61 Å². The molecule has 2 heterocycles. The third-order valence-electron chi connectivity index (χ3n) is 3.80. The highest BCUT2D eigenvalue weighted by Gasteiger charge is 2.22. The molecule has 1 aliphatic rings. The van der Waals surface area contributed by atoms with Gasteiger partial charge in [0.15, 0.2) is 0 Å². The summed E-state index contributed by atoms with van der Waals surface area (Å²) in [6.07, 6.45) is 5.33. The number of hydrogen-bond acceptors (Lipinski definition) is 6. The van der Waals surface area contributed by atoms with Crippen LogP contribution in [-0.2, 0) is 14.3 Å². The molecular weight excluding hydrogens is 298 g/mol. The van der Waals surface area contributed by atoms with Crippen molar-refractivity contribution in [3.8, 4) is 0 Å². The lowest BCUT2D eigenvalue weighted by Gasteiger charge is -2.31. The molecule has 1 aromatic heterocycles. The van der Waals surface area contributed by atoms with Crippen LogP contribution in [0.2, 0.25) is 0 Å². The van der Waals surface area contributed by atoms with Crippen LogP contribution >= 0.6 is 0 Å². The minimum absolute atomic E-state index is 0.332. The maximum Gasteiger partial charge on any atom is 0.309 e. The van der Waals surface area contributed by atoms with Gasteiger partial charge in [-0.1, -0.05) is 0 Å². The quantitative estimate of drug-likeness (QED) is 0.545. The number of carbonyl (C=O) groups excluding carboxylic acids is 2. The Morgan fingerprint density at radius 1 is 1.22 bits per heavy atom. The van der Waals surface area contributed by atoms with Gasteiger partial charge in [-0.25, -0.2) is 9.97 Å². The third kappa shape index (κ3) is 5.48. The van der Waals surface area contributed by atoms with Crippen molar-refractivity contribution in [1.29, 1.82) is 0 Å². The summed E-state index contributed by atoms with van der Waals surface area (Å²) < 4.78 is 4.81. The van der Waals surface area contributed by atoms with Crippen molar-refractivity contribution < 1.29 is 14.3 Å². The average Bonchev–Trinajstić information content (AvgIpc) is 2.61. The molecule has 0 aromatic carbocycles. The molecule has 0 radical (unpaired) electrons. The van der Waals surface area contributed by atoms with Crippen molar-refractivity contribution in [3.05, 3.63) is 18.5 Å². The minimum Gasteiger partial charge on any atom is -0.383 e. The molecule has 8 nitrogen and oxygen atoms in total. The van der Waals surface area contributed by atoms with Crippen LogP contribution in [0.15, 0.2) is 18.5 Å². The average molecular weight is 321 g/mol. The van der Waals surface area contributed by atoms with E-state index in [1.54, 1.807) is 25.6 Å². The van der Waals surface area contributed by atoms with Crippen molar-refractivity contribution in [2.24, 2.45) is 5.92 Å². The number of nitrogens with one attached hydrogen (secondary N) is 2. The second-order valence-corrected chi connectivity index (χ2v) is 5.44. The van der Waals surface area contributed by atoms with E-state index in [1.807, 2.05) is 0 Å². The van der Waals surface area contributed by atoms with E-state index in [-0.39, 0.29) is 0 Å². The zero-order chi connectivity index (χ0) is 16.5. The van der Waals surface area contributed by atoms with E-state index in [4.69, 9.17) is 4.74 Å². The predicted molar refractivity (Wildman–Crippen MR) is 84.9 cm³/mol. The highest BCUT2D eigenvalue weighted by Crippen LogP contribution is 2.19. The summed E-state index contributed by atoms with van der Waals surface area (Å²) in [5, 5.41) is 5.19. The van der Waals surface area contributed by atoms with E-state index in [0.717, 1.165) is 31.9 Å². The van der Waals surface area contributed by atoms with E-state index in [0.29, 0.717) is 25.6 Å². The van der Waals surface area contributed by atoms with Crippen LogP contribution in [0.5, 0.6) is 0 Å². The van der Waals surface area contributed by atoms with Crippen LogP contribution in [0.1, 0.15) is 12.8 Å². The second-order valence-electron chi connectivity index (χ2n) is 5.44. The lowest BCUT2D eigenvalue weighted by Crippen LogP contribution is -2.44. The Balaban J connectivity index is 1.66. The SMILES string of the molecule is COCCNC(=O)C(=O)NCC1CCN(c2ncccn2)CC1. The van der Waals surface area contributed by atoms with E-state index in [9.17, 15) is 9.59 Å². The Bertz CT molecular complexity index is 503. The molecule has 23 heavy (non-hydrogen) atoms. The van der Waals surface area contributed by atoms with Gasteiger partial charge in [0.1, 0.15) is 0 Å². The molecule has 0 bridgehead atoms. The van der Waals surface area contributed by atoms with Crippen LogP contribution < -0.4 is 15.5 Å². The summed E-state index contributed by atoms with van der Waals surface area (Å²) in [6, 6.07) is 1.80. The van der Waals surface area contributed by atoms with Crippen molar-refractivity contribution in [2.75, 3.05) is 44.8 Å². The molecule has 1 fully saturated rings.